The minimum atomic E-state index is -0.149. The molecule has 2 aromatic rings. The highest BCUT2D eigenvalue weighted by Gasteiger charge is 2.15. The van der Waals surface area contributed by atoms with Gasteiger partial charge in [-0.1, -0.05) is 73.3 Å². The second-order valence-corrected chi connectivity index (χ2v) is 4.93. The number of carbonyl (C=O) groups is 1. The van der Waals surface area contributed by atoms with Crippen molar-refractivity contribution in [3.05, 3.63) is 90.5 Å². The lowest BCUT2D eigenvalue weighted by atomic mass is 10.1. The number of nitrogens with zero attached hydrogens (tertiary/aromatic N) is 1. The Morgan fingerprint density at radius 1 is 1.10 bits per heavy atom. The summed E-state index contributed by atoms with van der Waals surface area (Å²) in [6.45, 7) is 10.2. The van der Waals surface area contributed by atoms with Crippen LogP contribution >= 0.6 is 0 Å². The quantitative estimate of drug-likeness (QED) is 0.751. The summed E-state index contributed by atoms with van der Waals surface area (Å²) in [5.41, 5.74) is 3.85. The third-order valence-electron chi connectivity index (χ3n) is 3.33. The SMILES string of the molecule is C=CC(=O)N(Cc1ccccc1)C(=C)c1ccc(C)cc1. The Morgan fingerprint density at radius 3 is 2.29 bits per heavy atom. The highest BCUT2D eigenvalue weighted by Crippen LogP contribution is 2.21. The molecule has 21 heavy (non-hydrogen) atoms. The van der Waals surface area contributed by atoms with Crippen LogP contribution in [0.5, 0.6) is 0 Å². The first-order valence-corrected chi connectivity index (χ1v) is 6.85. The van der Waals surface area contributed by atoms with E-state index in [0.29, 0.717) is 12.2 Å². The minimum Gasteiger partial charge on any atom is -0.304 e. The van der Waals surface area contributed by atoms with Gasteiger partial charge in [0.15, 0.2) is 0 Å². The Hall–Kier alpha value is -2.61. The summed E-state index contributed by atoms with van der Waals surface area (Å²) in [7, 11) is 0. The van der Waals surface area contributed by atoms with Crippen molar-refractivity contribution in [1.82, 2.24) is 4.90 Å². The van der Waals surface area contributed by atoms with Crippen LogP contribution in [0.3, 0.4) is 0 Å². The Balaban J connectivity index is 2.27. The molecule has 0 radical (unpaired) electrons. The maximum Gasteiger partial charge on any atom is 0.250 e. The molecular weight excluding hydrogens is 258 g/mol. The number of benzene rings is 2. The van der Waals surface area contributed by atoms with Gasteiger partial charge in [-0.25, -0.2) is 0 Å². The lowest BCUT2D eigenvalue weighted by Crippen LogP contribution is -2.27. The fraction of sp³-hybridized carbons (Fsp3) is 0.105. The summed E-state index contributed by atoms with van der Waals surface area (Å²) in [5.74, 6) is -0.149. The third-order valence-corrected chi connectivity index (χ3v) is 3.33. The van der Waals surface area contributed by atoms with Crippen molar-refractivity contribution in [2.75, 3.05) is 0 Å². The Kier molecular flexibility index (Phi) is 4.72. The largest absolute Gasteiger partial charge is 0.304 e. The van der Waals surface area contributed by atoms with Gasteiger partial charge >= 0.3 is 0 Å². The Labute approximate surface area is 126 Å². The van der Waals surface area contributed by atoms with Crippen LogP contribution in [0.4, 0.5) is 0 Å². The molecule has 0 spiro atoms. The second-order valence-electron chi connectivity index (χ2n) is 4.93. The van der Waals surface area contributed by atoms with Crippen molar-refractivity contribution in [2.24, 2.45) is 0 Å². The number of carbonyl (C=O) groups excluding carboxylic acids is 1. The van der Waals surface area contributed by atoms with Crippen LogP contribution in [0.15, 0.2) is 73.8 Å². The van der Waals surface area contributed by atoms with Crippen molar-refractivity contribution in [1.29, 1.82) is 0 Å². The van der Waals surface area contributed by atoms with Gasteiger partial charge < -0.3 is 4.90 Å². The van der Waals surface area contributed by atoms with E-state index >= 15 is 0 Å². The first-order valence-electron chi connectivity index (χ1n) is 6.85. The Morgan fingerprint density at radius 2 is 1.71 bits per heavy atom. The summed E-state index contributed by atoms with van der Waals surface area (Å²) >= 11 is 0. The molecule has 0 aliphatic carbocycles. The van der Waals surface area contributed by atoms with Crippen molar-refractivity contribution in [3.63, 3.8) is 0 Å². The molecular formula is C19H19NO. The van der Waals surface area contributed by atoms with Crippen LogP contribution in [-0.4, -0.2) is 10.8 Å². The van der Waals surface area contributed by atoms with E-state index in [2.05, 4.69) is 13.2 Å². The molecule has 106 valence electrons. The second kappa shape index (κ2) is 6.71. The number of rotatable bonds is 5. The molecule has 0 aliphatic heterocycles. The summed E-state index contributed by atoms with van der Waals surface area (Å²) < 4.78 is 0. The van der Waals surface area contributed by atoms with Gasteiger partial charge in [0.1, 0.15) is 0 Å². The van der Waals surface area contributed by atoms with Crippen LogP contribution in [0.2, 0.25) is 0 Å². The minimum absolute atomic E-state index is 0.149. The van der Waals surface area contributed by atoms with Crippen LogP contribution < -0.4 is 0 Å². The van der Waals surface area contributed by atoms with Gasteiger partial charge in [0, 0.05) is 5.70 Å². The van der Waals surface area contributed by atoms with Gasteiger partial charge in [-0.2, -0.15) is 0 Å². The zero-order chi connectivity index (χ0) is 15.2. The van der Waals surface area contributed by atoms with E-state index in [1.807, 2.05) is 61.5 Å². The molecule has 0 fully saturated rings. The zero-order valence-electron chi connectivity index (χ0n) is 12.3. The van der Waals surface area contributed by atoms with Gasteiger partial charge in [0.2, 0.25) is 0 Å². The first kappa shape index (κ1) is 14.8. The molecule has 0 saturated heterocycles. The number of hydrogen-bond donors (Lipinski definition) is 0. The molecule has 2 heteroatoms. The Bertz CT molecular complexity index is 641. The normalized spacial score (nSPS) is 9.95. The topological polar surface area (TPSA) is 20.3 Å². The fourth-order valence-corrected chi connectivity index (χ4v) is 2.08. The smallest absolute Gasteiger partial charge is 0.250 e. The van der Waals surface area contributed by atoms with Crippen LogP contribution in [0, 0.1) is 6.92 Å². The first-order chi connectivity index (χ1) is 10.1. The number of amides is 1. The van der Waals surface area contributed by atoms with Crippen LogP contribution in [0.25, 0.3) is 5.70 Å². The van der Waals surface area contributed by atoms with E-state index in [-0.39, 0.29) is 5.91 Å². The molecule has 0 aromatic heterocycles. The summed E-state index contributed by atoms with van der Waals surface area (Å²) in [5, 5.41) is 0. The molecule has 0 aliphatic rings. The maximum absolute atomic E-state index is 12.1. The third kappa shape index (κ3) is 3.69. The summed E-state index contributed by atoms with van der Waals surface area (Å²) in [6, 6.07) is 17.8. The lowest BCUT2D eigenvalue weighted by Gasteiger charge is -2.24. The monoisotopic (exact) mass is 277 g/mol. The van der Waals surface area contributed by atoms with Gasteiger partial charge in [0.05, 0.1) is 6.54 Å². The van der Waals surface area contributed by atoms with Gasteiger partial charge in [-0.3, -0.25) is 4.79 Å². The van der Waals surface area contributed by atoms with Crippen molar-refractivity contribution in [3.8, 4) is 0 Å². The standard InChI is InChI=1S/C19H19NO/c1-4-19(21)20(14-17-8-6-5-7-9-17)16(3)18-12-10-15(2)11-13-18/h4-13H,1,3,14H2,2H3. The molecule has 0 bridgehead atoms. The molecule has 1 amide bonds. The molecule has 2 aromatic carbocycles. The molecule has 0 heterocycles. The van der Waals surface area contributed by atoms with E-state index in [4.69, 9.17) is 0 Å². The molecule has 0 unspecified atom stereocenters. The predicted octanol–water partition coefficient (Wildman–Crippen LogP) is 4.18. The number of aryl methyl sites for hydroxylation is 1. The molecule has 2 rings (SSSR count). The van der Waals surface area contributed by atoms with Gasteiger partial charge in [0.25, 0.3) is 5.91 Å². The predicted molar refractivity (Wildman–Crippen MR) is 87.4 cm³/mol. The fourth-order valence-electron chi connectivity index (χ4n) is 2.08. The average molecular weight is 277 g/mol. The zero-order valence-corrected chi connectivity index (χ0v) is 12.3. The van der Waals surface area contributed by atoms with E-state index in [9.17, 15) is 4.79 Å². The van der Waals surface area contributed by atoms with E-state index < -0.39 is 0 Å². The van der Waals surface area contributed by atoms with Gasteiger partial charge in [-0.15, -0.1) is 0 Å². The lowest BCUT2D eigenvalue weighted by molar-refractivity contribution is -0.123. The van der Waals surface area contributed by atoms with Crippen LogP contribution in [-0.2, 0) is 11.3 Å². The summed E-state index contributed by atoms with van der Waals surface area (Å²) in [4.78, 5) is 13.8. The van der Waals surface area contributed by atoms with E-state index in [0.717, 1.165) is 11.1 Å². The van der Waals surface area contributed by atoms with Crippen molar-refractivity contribution in [2.45, 2.75) is 13.5 Å². The van der Waals surface area contributed by atoms with E-state index in [1.54, 1.807) is 4.90 Å². The van der Waals surface area contributed by atoms with Crippen LogP contribution in [0.1, 0.15) is 16.7 Å². The highest BCUT2D eigenvalue weighted by molar-refractivity contribution is 5.93. The van der Waals surface area contributed by atoms with Gasteiger partial charge in [-0.05, 0) is 24.1 Å². The number of hydrogen-bond acceptors (Lipinski definition) is 1. The molecule has 0 saturated carbocycles. The van der Waals surface area contributed by atoms with Crippen molar-refractivity contribution >= 4 is 11.6 Å². The highest BCUT2D eigenvalue weighted by atomic mass is 16.2. The molecule has 0 atom stereocenters. The maximum atomic E-state index is 12.1. The van der Waals surface area contributed by atoms with E-state index in [1.165, 1.54) is 11.6 Å². The summed E-state index contributed by atoms with van der Waals surface area (Å²) in [6.07, 6.45) is 1.32. The molecule has 0 N–H and O–H groups in total. The van der Waals surface area contributed by atoms with Crippen molar-refractivity contribution < 1.29 is 4.79 Å². The average Bonchev–Trinajstić information content (AvgIpc) is 2.53. The molecule has 2 nitrogen and oxygen atoms in total.